The summed E-state index contributed by atoms with van der Waals surface area (Å²) in [6.45, 7) is 2.47. The molecule has 33 heavy (non-hydrogen) atoms. The number of ether oxygens (including phenoxy) is 1. The maximum atomic E-state index is 12.4. The average molecular weight is 466 g/mol. The Morgan fingerprint density at radius 2 is 1.82 bits per heavy atom. The van der Waals surface area contributed by atoms with E-state index in [9.17, 15) is 18.4 Å². The number of nitrogens with one attached hydrogen (secondary N) is 2. The van der Waals surface area contributed by atoms with Crippen LogP contribution in [0.3, 0.4) is 0 Å². The van der Waals surface area contributed by atoms with Crippen LogP contribution in [0.5, 0.6) is 5.75 Å². The molecular weight excluding hydrogens is 446 g/mol. The van der Waals surface area contributed by atoms with Gasteiger partial charge in [-0.25, -0.2) is 10.4 Å². The lowest BCUT2D eigenvalue weighted by Gasteiger charge is -2.07. The largest absolute Gasteiger partial charge is 0.771 e. The average Bonchev–Trinajstić information content (AvgIpc) is 2.83. The summed E-state index contributed by atoms with van der Waals surface area (Å²) in [5.41, 5.74) is 4.71. The van der Waals surface area contributed by atoms with Gasteiger partial charge in [0.25, 0.3) is 11.8 Å². The van der Waals surface area contributed by atoms with Crippen molar-refractivity contribution in [3.63, 3.8) is 0 Å². The summed E-state index contributed by atoms with van der Waals surface area (Å²) < 4.78 is 26.4. The molecule has 1 heterocycles. The molecule has 0 fully saturated rings. The second-order valence-corrected chi connectivity index (χ2v) is 7.42. The molecule has 2 amide bonds. The van der Waals surface area contributed by atoms with Crippen molar-refractivity contribution in [1.29, 1.82) is 0 Å². The topological polar surface area (TPSA) is 146 Å². The van der Waals surface area contributed by atoms with Gasteiger partial charge in [-0.15, -0.1) is 0 Å². The van der Waals surface area contributed by atoms with E-state index in [4.69, 9.17) is 4.74 Å². The first kappa shape index (κ1) is 23.7. The van der Waals surface area contributed by atoms with E-state index in [1.54, 1.807) is 18.3 Å². The van der Waals surface area contributed by atoms with Gasteiger partial charge in [-0.2, -0.15) is 5.10 Å². The van der Waals surface area contributed by atoms with Crippen molar-refractivity contribution in [2.45, 2.75) is 6.92 Å². The highest BCUT2D eigenvalue weighted by atomic mass is 32.2. The minimum atomic E-state index is -2.36. The summed E-state index contributed by atoms with van der Waals surface area (Å²) in [5.74, 6) is -0.767. The normalized spacial score (nSPS) is 11.7. The number of nitrogens with zero attached hydrogens (tertiary/aromatic N) is 3. The van der Waals surface area contributed by atoms with E-state index >= 15 is 0 Å². The quantitative estimate of drug-likeness (QED) is 0.278. The number of rotatable bonds is 9. The van der Waals surface area contributed by atoms with Crippen LogP contribution in [0, 0.1) is 0 Å². The molecule has 2 N–H and O–H groups in total. The predicted octanol–water partition coefficient (Wildman–Crippen LogP) is 1.87. The van der Waals surface area contributed by atoms with E-state index < -0.39 is 28.8 Å². The minimum absolute atomic E-state index is 0.0984. The number of carbonyl (C=O) groups is 2. The molecule has 0 radical (unpaired) electrons. The Labute approximate surface area is 192 Å². The van der Waals surface area contributed by atoms with E-state index in [0.29, 0.717) is 23.4 Å². The van der Waals surface area contributed by atoms with E-state index in [1.807, 2.05) is 31.2 Å². The fourth-order valence-electron chi connectivity index (χ4n) is 2.67. The summed E-state index contributed by atoms with van der Waals surface area (Å²) in [4.78, 5) is 32.6. The predicted molar refractivity (Wildman–Crippen MR) is 121 cm³/mol. The first-order chi connectivity index (χ1) is 16.0. The molecule has 0 saturated heterocycles. The number of hydrogen-bond acceptors (Lipinski definition) is 8. The molecule has 0 bridgehead atoms. The van der Waals surface area contributed by atoms with Gasteiger partial charge in [0.2, 0.25) is 0 Å². The van der Waals surface area contributed by atoms with Gasteiger partial charge in [-0.1, -0.05) is 12.1 Å². The second kappa shape index (κ2) is 11.6. The molecule has 3 aromatic rings. The first-order valence-corrected chi connectivity index (χ1v) is 11.0. The van der Waals surface area contributed by atoms with Gasteiger partial charge < -0.3 is 14.6 Å². The highest BCUT2D eigenvalue weighted by Gasteiger charge is 2.09. The van der Waals surface area contributed by atoms with Crippen LogP contribution in [-0.2, 0) is 11.1 Å². The second-order valence-electron chi connectivity index (χ2n) is 6.52. The van der Waals surface area contributed by atoms with Gasteiger partial charge in [0.15, 0.2) is 0 Å². The van der Waals surface area contributed by atoms with E-state index in [0.717, 1.165) is 11.3 Å². The lowest BCUT2D eigenvalue weighted by Crippen LogP contribution is -2.26. The molecule has 0 saturated carbocycles. The van der Waals surface area contributed by atoms with Gasteiger partial charge in [-0.3, -0.25) is 18.8 Å². The van der Waals surface area contributed by atoms with Crippen LogP contribution >= 0.6 is 0 Å². The molecular formula is C22H20N5O5S-. The van der Waals surface area contributed by atoms with Crippen LogP contribution in [0.15, 0.2) is 66.0 Å². The van der Waals surface area contributed by atoms with Crippen molar-refractivity contribution < 1.29 is 23.1 Å². The molecule has 1 aromatic heterocycles. The van der Waals surface area contributed by atoms with Crippen LogP contribution in [0.1, 0.15) is 33.3 Å². The Kier molecular flexibility index (Phi) is 8.33. The van der Waals surface area contributed by atoms with Crippen molar-refractivity contribution in [3.05, 3.63) is 77.7 Å². The zero-order valence-corrected chi connectivity index (χ0v) is 18.4. The Morgan fingerprint density at radius 1 is 1.09 bits per heavy atom. The minimum Gasteiger partial charge on any atom is -0.771 e. The van der Waals surface area contributed by atoms with E-state index in [2.05, 4.69) is 25.8 Å². The van der Waals surface area contributed by atoms with Crippen LogP contribution in [0.25, 0.3) is 11.3 Å². The molecule has 0 aliphatic carbocycles. The molecule has 0 spiro atoms. The smallest absolute Gasteiger partial charge is 0.291 e. The molecule has 10 nitrogen and oxygen atoms in total. The van der Waals surface area contributed by atoms with Crippen molar-refractivity contribution in [2.75, 3.05) is 12.5 Å². The lowest BCUT2D eigenvalue weighted by atomic mass is 10.1. The van der Waals surface area contributed by atoms with Crippen LogP contribution in [0.2, 0.25) is 0 Å². The number of carbonyl (C=O) groups excluding carboxylic acids is 2. The van der Waals surface area contributed by atoms with Crippen molar-refractivity contribution >= 4 is 29.1 Å². The third kappa shape index (κ3) is 7.02. The number of hydrogen-bond donors (Lipinski definition) is 2. The molecule has 2 aromatic carbocycles. The maximum absolute atomic E-state index is 12.4. The Bertz CT molecular complexity index is 1170. The number of hydrazone groups is 1. The maximum Gasteiger partial charge on any atom is 0.291 e. The van der Waals surface area contributed by atoms with Crippen molar-refractivity contribution in [2.24, 2.45) is 5.10 Å². The highest BCUT2D eigenvalue weighted by Crippen LogP contribution is 2.20. The molecule has 0 aliphatic rings. The van der Waals surface area contributed by atoms with Gasteiger partial charge in [0, 0.05) is 11.1 Å². The van der Waals surface area contributed by atoms with Crippen LogP contribution < -0.4 is 15.5 Å². The van der Waals surface area contributed by atoms with Crippen molar-refractivity contribution in [3.8, 4) is 17.0 Å². The Balaban J connectivity index is 1.59. The van der Waals surface area contributed by atoms with Gasteiger partial charge in [0.05, 0.1) is 36.8 Å². The fraction of sp³-hybridized carbons (Fsp3) is 0.136. The van der Waals surface area contributed by atoms with E-state index in [1.165, 1.54) is 24.5 Å². The number of benzene rings is 2. The fourth-order valence-corrected chi connectivity index (χ4v) is 2.92. The van der Waals surface area contributed by atoms with Gasteiger partial charge in [-0.05, 0) is 60.0 Å². The lowest BCUT2D eigenvalue weighted by molar-refractivity contribution is 0.0945. The third-order valence-corrected chi connectivity index (χ3v) is 4.61. The third-order valence-electron chi connectivity index (χ3n) is 4.23. The summed E-state index contributed by atoms with van der Waals surface area (Å²) in [6.07, 6.45) is 4.30. The van der Waals surface area contributed by atoms with Gasteiger partial charge >= 0.3 is 0 Å². The zero-order chi connectivity index (χ0) is 23.6. The Hall–Kier alpha value is -3.96. The monoisotopic (exact) mass is 466 g/mol. The molecule has 11 heteroatoms. The number of amides is 2. The van der Waals surface area contributed by atoms with E-state index in [-0.39, 0.29) is 5.69 Å². The summed E-state index contributed by atoms with van der Waals surface area (Å²) in [6, 6.07) is 13.5. The zero-order valence-electron chi connectivity index (χ0n) is 17.6. The van der Waals surface area contributed by atoms with Crippen LogP contribution in [0.4, 0.5) is 0 Å². The molecule has 0 aliphatic heterocycles. The highest BCUT2D eigenvalue weighted by molar-refractivity contribution is 7.79. The SMILES string of the molecule is CCOc1ccc(-c2cncc(C(=O)N/N=C/c3ccc(C(=O)NCS(=O)[O-])cc3)n2)cc1. The van der Waals surface area contributed by atoms with Crippen LogP contribution in [-0.4, -0.2) is 49.2 Å². The molecule has 3 rings (SSSR count). The van der Waals surface area contributed by atoms with Gasteiger partial charge in [0.1, 0.15) is 11.4 Å². The first-order valence-electron chi connectivity index (χ1n) is 9.79. The molecule has 1 unspecified atom stereocenters. The molecule has 170 valence electrons. The summed E-state index contributed by atoms with van der Waals surface area (Å²) >= 11 is -2.36. The summed E-state index contributed by atoms with van der Waals surface area (Å²) in [5, 5.41) is 6.15. The molecule has 1 atom stereocenters. The van der Waals surface area contributed by atoms with Crippen molar-refractivity contribution in [1.82, 2.24) is 20.7 Å². The number of aromatic nitrogens is 2. The standard InChI is InChI=1S/C22H21N5O5S/c1-2-32-18-9-7-16(8-10-18)19-12-23-13-20(26-19)22(29)27-25-11-15-3-5-17(6-4-15)21(28)24-14-33(30)31/h3-13H,2,14H2,1H3,(H,24,28)(H,27,29)(H,30,31)/p-1/b25-11+. The Morgan fingerprint density at radius 3 is 2.48 bits per heavy atom. The summed E-state index contributed by atoms with van der Waals surface area (Å²) in [7, 11) is 0.